The molecule has 1 aliphatic heterocycles. The zero-order chi connectivity index (χ0) is 27.5. The summed E-state index contributed by atoms with van der Waals surface area (Å²) in [6.45, 7) is 0.181. The molecular formula is C30H22BrNO6S. The third kappa shape index (κ3) is 5.69. The summed E-state index contributed by atoms with van der Waals surface area (Å²) in [6.07, 6.45) is 1.62. The molecule has 196 valence electrons. The third-order valence-electron chi connectivity index (χ3n) is 6.10. The van der Waals surface area contributed by atoms with Gasteiger partial charge < -0.3 is 14.2 Å². The average Bonchev–Trinajstić information content (AvgIpc) is 3.21. The summed E-state index contributed by atoms with van der Waals surface area (Å²) < 4.78 is 16.6. The van der Waals surface area contributed by atoms with E-state index in [0.717, 1.165) is 28.1 Å². The van der Waals surface area contributed by atoms with Crippen LogP contribution in [0.2, 0.25) is 0 Å². The fourth-order valence-electron chi connectivity index (χ4n) is 4.11. The second-order valence-electron chi connectivity index (χ2n) is 8.60. The normalized spacial score (nSPS) is 14.2. The summed E-state index contributed by atoms with van der Waals surface area (Å²) in [6, 6.07) is 23.7. The number of carbonyl (C=O) groups is 3. The second kappa shape index (κ2) is 11.3. The van der Waals surface area contributed by atoms with E-state index >= 15 is 0 Å². The fraction of sp³-hybridized carbons (Fsp3) is 0.100. The number of ether oxygens (including phenoxy) is 3. The third-order valence-corrected chi connectivity index (χ3v) is 7.59. The Morgan fingerprint density at radius 2 is 1.67 bits per heavy atom. The van der Waals surface area contributed by atoms with Gasteiger partial charge in [0.05, 0.1) is 35.7 Å². The SMILES string of the molecule is COc1ccc(C(=O)Oc2c(Br)cc(/C=C3\SC(=O)N(Cc4ccc5ccccc5c4)C3=O)cc2OC)cc1. The van der Waals surface area contributed by atoms with E-state index in [4.69, 9.17) is 14.2 Å². The van der Waals surface area contributed by atoms with Gasteiger partial charge in [0.1, 0.15) is 5.75 Å². The molecule has 0 atom stereocenters. The maximum Gasteiger partial charge on any atom is 0.343 e. The molecule has 1 aliphatic rings. The number of imide groups is 1. The van der Waals surface area contributed by atoms with E-state index in [9.17, 15) is 14.4 Å². The van der Waals surface area contributed by atoms with Gasteiger partial charge in [-0.1, -0.05) is 36.4 Å². The molecule has 0 saturated carbocycles. The van der Waals surface area contributed by atoms with Crippen LogP contribution in [0.4, 0.5) is 4.79 Å². The molecule has 1 fully saturated rings. The van der Waals surface area contributed by atoms with Crippen molar-refractivity contribution in [2.24, 2.45) is 0 Å². The first-order valence-electron chi connectivity index (χ1n) is 11.8. The van der Waals surface area contributed by atoms with Crippen LogP contribution in [0.3, 0.4) is 0 Å². The van der Waals surface area contributed by atoms with Gasteiger partial charge >= 0.3 is 5.97 Å². The number of hydrogen-bond donors (Lipinski definition) is 0. The van der Waals surface area contributed by atoms with Gasteiger partial charge in [0.15, 0.2) is 11.5 Å². The Morgan fingerprint density at radius 3 is 2.38 bits per heavy atom. The largest absolute Gasteiger partial charge is 0.497 e. The molecule has 0 unspecified atom stereocenters. The van der Waals surface area contributed by atoms with Crippen LogP contribution in [-0.4, -0.2) is 36.2 Å². The summed E-state index contributed by atoms with van der Waals surface area (Å²) >= 11 is 4.32. The number of methoxy groups -OCH3 is 2. The zero-order valence-corrected chi connectivity index (χ0v) is 23.4. The Kier molecular flexibility index (Phi) is 7.72. The van der Waals surface area contributed by atoms with E-state index < -0.39 is 5.97 Å². The van der Waals surface area contributed by atoms with Crippen molar-refractivity contribution in [1.82, 2.24) is 4.90 Å². The predicted molar refractivity (Wildman–Crippen MR) is 154 cm³/mol. The first kappa shape index (κ1) is 26.5. The number of hydrogen-bond acceptors (Lipinski definition) is 7. The number of esters is 1. The summed E-state index contributed by atoms with van der Waals surface area (Å²) in [5, 5.41) is 1.80. The Bertz CT molecular complexity index is 1630. The topological polar surface area (TPSA) is 82.1 Å². The summed E-state index contributed by atoms with van der Waals surface area (Å²) in [7, 11) is 3.00. The minimum atomic E-state index is -0.570. The Morgan fingerprint density at radius 1 is 0.923 bits per heavy atom. The second-order valence-corrected chi connectivity index (χ2v) is 10.4. The number of benzene rings is 4. The van der Waals surface area contributed by atoms with E-state index in [1.54, 1.807) is 49.6 Å². The molecule has 4 aromatic carbocycles. The lowest BCUT2D eigenvalue weighted by atomic mass is 10.1. The standard InChI is InChI=1S/C30H22BrNO6S/c1-36-23-11-9-21(10-12-23)29(34)38-27-24(31)14-19(15-25(27)37-2)16-26-28(33)32(30(35)39-26)17-18-7-8-20-5-3-4-6-22(20)13-18/h3-16H,17H2,1-2H3/b26-16-. The number of carbonyl (C=O) groups excluding carboxylic acids is 3. The van der Waals surface area contributed by atoms with Crippen molar-refractivity contribution in [2.75, 3.05) is 14.2 Å². The quantitative estimate of drug-likeness (QED) is 0.127. The predicted octanol–water partition coefficient (Wildman–Crippen LogP) is 7.08. The molecule has 0 spiro atoms. The molecule has 1 heterocycles. The van der Waals surface area contributed by atoms with Crippen LogP contribution >= 0.6 is 27.7 Å². The highest BCUT2D eigenvalue weighted by molar-refractivity contribution is 9.10. The van der Waals surface area contributed by atoms with Crippen molar-refractivity contribution in [2.45, 2.75) is 6.54 Å². The van der Waals surface area contributed by atoms with E-state index in [-0.39, 0.29) is 34.1 Å². The van der Waals surface area contributed by atoms with Gasteiger partial charge in [-0.25, -0.2) is 4.79 Å². The van der Waals surface area contributed by atoms with Crippen LogP contribution in [0.1, 0.15) is 21.5 Å². The molecule has 5 rings (SSSR count). The van der Waals surface area contributed by atoms with Crippen LogP contribution in [0.25, 0.3) is 16.8 Å². The van der Waals surface area contributed by atoms with Crippen LogP contribution in [0.15, 0.2) is 88.2 Å². The highest BCUT2D eigenvalue weighted by Gasteiger charge is 2.35. The molecule has 0 aliphatic carbocycles. The zero-order valence-electron chi connectivity index (χ0n) is 21.0. The highest BCUT2D eigenvalue weighted by Crippen LogP contribution is 2.40. The van der Waals surface area contributed by atoms with Crippen LogP contribution in [-0.2, 0) is 11.3 Å². The van der Waals surface area contributed by atoms with E-state index in [0.29, 0.717) is 21.3 Å². The Hall–Kier alpha value is -4.08. The van der Waals surface area contributed by atoms with Crippen molar-refractivity contribution < 1.29 is 28.6 Å². The lowest BCUT2D eigenvalue weighted by molar-refractivity contribution is -0.123. The number of rotatable bonds is 7. The summed E-state index contributed by atoms with van der Waals surface area (Å²) in [4.78, 5) is 40.1. The summed E-state index contributed by atoms with van der Waals surface area (Å²) in [5.41, 5.74) is 1.80. The van der Waals surface area contributed by atoms with E-state index in [1.165, 1.54) is 12.0 Å². The van der Waals surface area contributed by atoms with Crippen molar-refractivity contribution in [3.63, 3.8) is 0 Å². The maximum atomic E-state index is 13.1. The van der Waals surface area contributed by atoms with Gasteiger partial charge in [0, 0.05) is 0 Å². The minimum Gasteiger partial charge on any atom is -0.497 e. The van der Waals surface area contributed by atoms with Gasteiger partial charge in [0.2, 0.25) is 0 Å². The maximum absolute atomic E-state index is 13.1. The minimum absolute atomic E-state index is 0.181. The fourth-order valence-corrected chi connectivity index (χ4v) is 5.49. The smallest absolute Gasteiger partial charge is 0.343 e. The molecule has 0 aromatic heterocycles. The molecule has 0 N–H and O–H groups in total. The Labute approximate surface area is 237 Å². The number of amides is 2. The van der Waals surface area contributed by atoms with Gasteiger partial charge in [0.25, 0.3) is 11.1 Å². The van der Waals surface area contributed by atoms with E-state index in [1.807, 2.05) is 42.5 Å². The Balaban J connectivity index is 1.35. The van der Waals surface area contributed by atoms with Gasteiger partial charge in [-0.05, 0) is 98.1 Å². The average molecular weight is 604 g/mol. The molecule has 4 aromatic rings. The lowest BCUT2D eigenvalue weighted by Gasteiger charge is -2.13. The molecule has 0 bridgehead atoms. The van der Waals surface area contributed by atoms with Crippen molar-refractivity contribution >= 4 is 61.7 Å². The molecular weight excluding hydrogens is 582 g/mol. The van der Waals surface area contributed by atoms with Crippen LogP contribution < -0.4 is 14.2 Å². The van der Waals surface area contributed by atoms with Gasteiger partial charge in [-0.3, -0.25) is 14.5 Å². The number of nitrogens with zero attached hydrogens (tertiary/aromatic N) is 1. The molecule has 7 nitrogen and oxygen atoms in total. The van der Waals surface area contributed by atoms with Crippen molar-refractivity contribution in [3.8, 4) is 17.2 Å². The van der Waals surface area contributed by atoms with Crippen LogP contribution in [0.5, 0.6) is 17.2 Å². The van der Waals surface area contributed by atoms with Gasteiger partial charge in [-0.15, -0.1) is 0 Å². The van der Waals surface area contributed by atoms with Crippen molar-refractivity contribution in [1.29, 1.82) is 0 Å². The van der Waals surface area contributed by atoms with Gasteiger partial charge in [-0.2, -0.15) is 0 Å². The van der Waals surface area contributed by atoms with Crippen LogP contribution in [0, 0.1) is 0 Å². The lowest BCUT2D eigenvalue weighted by Crippen LogP contribution is -2.27. The number of thioether (sulfide) groups is 1. The summed E-state index contributed by atoms with van der Waals surface area (Å²) in [5.74, 6) is 0.159. The number of halogens is 1. The number of fused-ring (bicyclic) bond motifs is 1. The molecule has 1 saturated heterocycles. The monoisotopic (exact) mass is 603 g/mol. The first-order valence-corrected chi connectivity index (χ1v) is 13.4. The first-order chi connectivity index (χ1) is 18.9. The highest BCUT2D eigenvalue weighted by atomic mass is 79.9. The molecule has 2 amide bonds. The molecule has 9 heteroatoms. The van der Waals surface area contributed by atoms with Crippen molar-refractivity contribution in [3.05, 3.63) is 105 Å². The van der Waals surface area contributed by atoms with E-state index in [2.05, 4.69) is 15.9 Å². The molecule has 0 radical (unpaired) electrons. The molecule has 39 heavy (non-hydrogen) atoms.